The number of tetrazole rings is 1. The van der Waals surface area contributed by atoms with Gasteiger partial charge < -0.3 is 11.1 Å². The molecule has 2 aromatic heterocycles. The van der Waals surface area contributed by atoms with E-state index >= 15 is 0 Å². The fourth-order valence-corrected chi connectivity index (χ4v) is 2.84. The van der Waals surface area contributed by atoms with E-state index < -0.39 is 0 Å². The summed E-state index contributed by atoms with van der Waals surface area (Å²) in [5, 5.41) is 19.6. The Kier molecular flexibility index (Phi) is 9.57. The number of rotatable bonds is 9. The zero-order valence-electron chi connectivity index (χ0n) is 18.7. The number of aldehydes is 1. The highest BCUT2D eigenvalue weighted by molar-refractivity contribution is 5.96. The van der Waals surface area contributed by atoms with E-state index in [2.05, 4.69) is 35.8 Å². The number of hydrazine groups is 1. The van der Waals surface area contributed by atoms with Crippen LogP contribution in [0.25, 0.3) is 10.9 Å². The molecular formula is C19H28N12O2. The summed E-state index contributed by atoms with van der Waals surface area (Å²) in [5.74, 6) is 5.25. The number of nitrogens with zero attached hydrogens (tertiary/aromatic N) is 9. The highest BCUT2D eigenvalue weighted by Crippen LogP contribution is 2.20. The molecule has 0 saturated carbocycles. The predicted octanol–water partition coefficient (Wildman–Crippen LogP) is 0.000800. The van der Waals surface area contributed by atoms with Crippen LogP contribution in [0.15, 0.2) is 39.7 Å². The number of anilines is 1. The van der Waals surface area contributed by atoms with Gasteiger partial charge in [0.1, 0.15) is 6.34 Å². The molecule has 14 heteroatoms. The summed E-state index contributed by atoms with van der Waals surface area (Å²) in [6.07, 6.45) is 7.10. The highest BCUT2D eigenvalue weighted by Gasteiger charge is 2.14. The summed E-state index contributed by atoms with van der Waals surface area (Å²) in [7, 11) is 1.60. The maximum atomic E-state index is 12.8. The van der Waals surface area contributed by atoms with Crippen molar-refractivity contribution < 1.29 is 4.79 Å². The van der Waals surface area contributed by atoms with Gasteiger partial charge in [-0.05, 0) is 30.7 Å². The molecule has 0 saturated heterocycles. The van der Waals surface area contributed by atoms with Gasteiger partial charge in [-0.2, -0.15) is 9.90 Å². The van der Waals surface area contributed by atoms with E-state index in [0.717, 1.165) is 13.0 Å². The molecule has 0 amide bonds. The van der Waals surface area contributed by atoms with E-state index in [0.29, 0.717) is 35.0 Å². The van der Waals surface area contributed by atoms with Crippen molar-refractivity contribution in [2.45, 2.75) is 32.9 Å². The minimum atomic E-state index is -0.224. The Morgan fingerprint density at radius 1 is 1.36 bits per heavy atom. The van der Waals surface area contributed by atoms with Gasteiger partial charge in [0.05, 0.1) is 48.4 Å². The Morgan fingerprint density at radius 2 is 2.15 bits per heavy atom. The summed E-state index contributed by atoms with van der Waals surface area (Å²) < 4.78 is 1.50. The van der Waals surface area contributed by atoms with Gasteiger partial charge in [0.15, 0.2) is 12.6 Å². The summed E-state index contributed by atoms with van der Waals surface area (Å²) in [6, 6.07) is 2.95. The molecule has 0 unspecified atom stereocenters. The average Bonchev–Trinajstić information content (AvgIpc) is 3.31. The quantitative estimate of drug-likeness (QED) is 0.130. The molecule has 14 nitrogen and oxygen atoms in total. The van der Waals surface area contributed by atoms with Crippen LogP contribution >= 0.6 is 0 Å². The number of fused-ring (bicyclic) bond motifs is 1. The predicted molar refractivity (Wildman–Crippen MR) is 126 cm³/mol. The molecule has 176 valence electrons. The number of benzene rings is 1. The topological polar surface area (TPSA) is 188 Å². The number of hydrogen-bond donors (Lipinski definition) is 3. The van der Waals surface area contributed by atoms with Gasteiger partial charge in [-0.3, -0.25) is 19.1 Å². The molecule has 0 aliphatic heterocycles. The van der Waals surface area contributed by atoms with Crippen LogP contribution in [-0.2, 0) is 6.54 Å². The number of hydrazone groups is 1. The Hall–Kier alpha value is -4.20. The summed E-state index contributed by atoms with van der Waals surface area (Å²) >= 11 is 0. The number of carbonyl (C=O) groups is 1. The standard InChI is InChI=1S/C15H16N8O2.C4H12N4/c1-10(5-23-20-8-19-21-23)22-9-18-14-3-11(6-24)13(17-7-16-2)4-12(14)15(22)25;1-2-3-8(6)7-4-5/h3-4,6-10H,5H2,1-2H3,(H,16,17);4H,2-3,6H2,1H3,(H2,5,7)/t10-;/m1./s1. The smallest absolute Gasteiger partial charge is 0.261 e. The van der Waals surface area contributed by atoms with Crippen LogP contribution in [0.3, 0.4) is 0 Å². The maximum Gasteiger partial charge on any atom is 0.261 e. The number of nitrogens with two attached hydrogens (primary N) is 2. The van der Waals surface area contributed by atoms with Gasteiger partial charge >= 0.3 is 0 Å². The second kappa shape index (κ2) is 12.6. The van der Waals surface area contributed by atoms with Gasteiger partial charge in [0, 0.05) is 12.6 Å². The maximum absolute atomic E-state index is 12.8. The molecular weight excluding hydrogens is 428 g/mol. The van der Waals surface area contributed by atoms with E-state index in [1.165, 1.54) is 39.8 Å². The fourth-order valence-electron chi connectivity index (χ4n) is 2.84. The second-order valence-corrected chi connectivity index (χ2v) is 6.83. The van der Waals surface area contributed by atoms with Crippen LogP contribution in [0.2, 0.25) is 0 Å². The molecule has 33 heavy (non-hydrogen) atoms. The molecule has 0 aliphatic rings. The van der Waals surface area contributed by atoms with Gasteiger partial charge in [0.25, 0.3) is 5.56 Å². The minimum Gasteiger partial charge on any atom is -0.388 e. The SMILES string of the molecule is CCCN(N)/N=C\N.CN=CNc1cc2c(=O)n([C@H](C)Cn3ncnn3)cnc2cc1C=O. The van der Waals surface area contributed by atoms with Crippen molar-refractivity contribution in [2.75, 3.05) is 18.9 Å². The lowest BCUT2D eigenvalue weighted by Crippen LogP contribution is -2.27. The number of aliphatic imine (C=N–C) groups is 1. The number of hydrogen-bond acceptors (Lipinski definition) is 10. The van der Waals surface area contributed by atoms with Crippen LogP contribution in [-0.4, -0.2) is 67.4 Å². The summed E-state index contributed by atoms with van der Waals surface area (Å²) in [5.41, 5.74) is 6.08. The second-order valence-electron chi connectivity index (χ2n) is 6.83. The first-order valence-electron chi connectivity index (χ1n) is 10.1. The first-order valence-corrected chi connectivity index (χ1v) is 10.1. The van der Waals surface area contributed by atoms with Crippen molar-refractivity contribution in [3.63, 3.8) is 0 Å². The molecule has 0 radical (unpaired) electrons. The van der Waals surface area contributed by atoms with Gasteiger partial charge in [-0.15, -0.1) is 10.2 Å². The van der Waals surface area contributed by atoms with E-state index in [1.807, 2.05) is 13.8 Å². The molecule has 2 heterocycles. The van der Waals surface area contributed by atoms with Crippen LogP contribution in [0.4, 0.5) is 5.69 Å². The Bertz CT molecular complexity index is 1140. The zero-order valence-corrected chi connectivity index (χ0v) is 18.7. The molecule has 3 rings (SSSR count). The van der Waals surface area contributed by atoms with E-state index in [9.17, 15) is 9.59 Å². The molecule has 1 atom stereocenters. The first kappa shape index (κ1) is 25.1. The molecule has 1 aromatic carbocycles. The summed E-state index contributed by atoms with van der Waals surface area (Å²) in [4.78, 5) is 33.6. The Balaban J connectivity index is 0.000000414. The van der Waals surface area contributed by atoms with Crippen molar-refractivity contribution in [3.8, 4) is 0 Å². The average molecular weight is 457 g/mol. The lowest BCUT2D eigenvalue weighted by atomic mass is 10.1. The van der Waals surface area contributed by atoms with Gasteiger partial charge in [-0.25, -0.2) is 15.9 Å². The third-order valence-electron chi connectivity index (χ3n) is 4.39. The molecule has 3 aromatic rings. The lowest BCUT2D eigenvalue weighted by molar-refractivity contribution is 0.112. The zero-order chi connectivity index (χ0) is 24.2. The molecule has 5 N–H and O–H groups in total. The lowest BCUT2D eigenvalue weighted by Gasteiger charge is -2.15. The van der Waals surface area contributed by atoms with Crippen molar-refractivity contribution in [3.05, 3.63) is 40.7 Å². The normalized spacial score (nSPS) is 12.0. The fraction of sp³-hybridized carbons (Fsp3) is 0.368. The third kappa shape index (κ3) is 6.90. The summed E-state index contributed by atoms with van der Waals surface area (Å²) in [6.45, 7) is 5.01. The Morgan fingerprint density at radius 3 is 2.76 bits per heavy atom. The van der Waals surface area contributed by atoms with Crippen LogP contribution in [0, 0.1) is 0 Å². The number of carbonyl (C=O) groups excluding carboxylic acids is 1. The largest absolute Gasteiger partial charge is 0.388 e. The van der Waals surface area contributed by atoms with Crippen molar-refractivity contribution in [2.24, 2.45) is 21.7 Å². The minimum absolute atomic E-state index is 0.216. The van der Waals surface area contributed by atoms with Crippen LogP contribution < -0.4 is 22.5 Å². The highest BCUT2D eigenvalue weighted by atomic mass is 16.1. The van der Waals surface area contributed by atoms with Crippen LogP contribution in [0.5, 0.6) is 0 Å². The molecule has 0 spiro atoms. The number of aromatic nitrogens is 6. The molecule has 0 bridgehead atoms. The van der Waals surface area contributed by atoms with Gasteiger partial charge in [0.2, 0.25) is 0 Å². The van der Waals surface area contributed by atoms with E-state index in [1.54, 1.807) is 19.2 Å². The monoisotopic (exact) mass is 456 g/mol. The van der Waals surface area contributed by atoms with Crippen LogP contribution in [0.1, 0.15) is 36.7 Å². The third-order valence-corrected chi connectivity index (χ3v) is 4.39. The van der Waals surface area contributed by atoms with Gasteiger partial charge in [-0.1, -0.05) is 6.92 Å². The van der Waals surface area contributed by atoms with E-state index in [-0.39, 0.29) is 11.6 Å². The van der Waals surface area contributed by atoms with Crippen molar-refractivity contribution >= 4 is 35.6 Å². The van der Waals surface area contributed by atoms with Crippen molar-refractivity contribution in [1.82, 2.24) is 34.9 Å². The van der Waals surface area contributed by atoms with E-state index in [4.69, 9.17) is 11.6 Å². The molecule has 0 fully saturated rings. The number of nitrogens with one attached hydrogen (secondary N) is 1. The van der Waals surface area contributed by atoms with Crippen molar-refractivity contribution in [1.29, 1.82) is 0 Å². The molecule has 0 aliphatic carbocycles. The first-order chi connectivity index (χ1) is 15.9. The Labute approximate surface area is 190 Å².